The monoisotopic (exact) mass is 281 g/mol. The summed E-state index contributed by atoms with van der Waals surface area (Å²) in [5.41, 5.74) is 0.595. The summed E-state index contributed by atoms with van der Waals surface area (Å²) in [5, 5.41) is 5.47. The van der Waals surface area contributed by atoms with Crippen molar-refractivity contribution in [3.05, 3.63) is 42.2 Å². The van der Waals surface area contributed by atoms with Crippen molar-refractivity contribution in [2.75, 3.05) is 26.2 Å². The van der Waals surface area contributed by atoms with E-state index in [2.05, 4.69) is 10.3 Å². The molecule has 2 aliphatic rings. The zero-order valence-electron chi connectivity index (χ0n) is 12.0. The van der Waals surface area contributed by atoms with Gasteiger partial charge < -0.3 is 10.2 Å². The first-order valence-electron chi connectivity index (χ1n) is 7.66. The Hall–Kier alpha value is -1.94. The molecule has 0 spiro atoms. The Bertz CT molecular complexity index is 679. The first-order chi connectivity index (χ1) is 10.3. The quantitative estimate of drug-likeness (QED) is 0.868. The molecular formula is C17H19N3O. The molecule has 2 fully saturated rings. The van der Waals surface area contributed by atoms with Crippen LogP contribution in [0.2, 0.25) is 0 Å². The van der Waals surface area contributed by atoms with Crippen LogP contribution in [0.4, 0.5) is 0 Å². The van der Waals surface area contributed by atoms with Crippen LogP contribution in [-0.4, -0.2) is 42.0 Å². The fourth-order valence-corrected chi connectivity index (χ4v) is 3.66. The number of fused-ring (bicyclic) bond motifs is 2. The minimum Gasteiger partial charge on any atom is -0.337 e. The lowest BCUT2D eigenvalue weighted by molar-refractivity contribution is 0.0639. The molecule has 4 nitrogen and oxygen atoms in total. The van der Waals surface area contributed by atoms with E-state index in [1.54, 1.807) is 6.20 Å². The fraction of sp³-hybridized carbons (Fsp3) is 0.412. The summed E-state index contributed by atoms with van der Waals surface area (Å²) in [4.78, 5) is 19.2. The lowest BCUT2D eigenvalue weighted by Crippen LogP contribution is -2.43. The van der Waals surface area contributed by atoms with Gasteiger partial charge >= 0.3 is 0 Å². The summed E-state index contributed by atoms with van der Waals surface area (Å²) in [6, 6.07) is 9.93. The highest BCUT2D eigenvalue weighted by atomic mass is 16.2. The summed E-state index contributed by atoms with van der Waals surface area (Å²) < 4.78 is 0. The lowest BCUT2D eigenvalue weighted by atomic mass is 9.88. The number of aromatic nitrogens is 1. The average molecular weight is 281 g/mol. The molecule has 2 aliphatic heterocycles. The van der Waals surface area contributed by atoms with Crippen LogP contribution < -0.4 is 5.32 Å². The number of benzene rings is 1. The summed E-state index contributed by atoms with van der Waals surface area (Å²) in [6.07, 6.45) is 2.84. The fourth-order valence-electron chi connectivity index (χ4n) is 3.66. The first kappa shape index (κ1) is 12.8. The van der Waals surface area contributed by atoms with Crippen LogP contribution in [0.15, 0.2) is 36.5 Å². The number of carbonyl (C=O) groups excluding carboxylic acids is 1. The number of likely N-dealkylation sites (tertiary alicyclic amines) is 1. The largest absolute Gasteiger partial charge is 0.337 e. The Labute approximate surface area is 124 Å². The average Bonchev–Trinajstić information content (AvgIpc) is 3.01. The van der Waals surface area contributed by atoms with Crippen LogP contribution in [0, 0.1) is 11.8 Å². The van der Waals surface area contributed by atoms with Gasteiger partial charge in [0.1, 0.15) is 5.69 Å². The van der Waals surface area contributed by atoms with E-state index in [0.717, 1.165) is 49.3 Å². The van der Waals surface area contributed by atoms with E-state index < -0.39 is 0 Å². The first-order valence-corrected chi connectivity index (χ1v) is 7.66. The van der Waals surface area contributed by atoms with Crippen molar-refractivity contribution in [2.45, 2.75) is 6.42 Å². The van der Waals surface area contributed by atoms with E-state index in [-0.39, 0.29) is 5.91 Å². The van der Waals surface area contributed by atoms with Crippen LogP contribution in [0.25, 0.3) is 10.8 Å². The highest BCUT2D eigenvalue weighted by Gasteiger charge is 2.35. The standard InChI is InChI=1S/C17H19N3O/c21-17(20-8-6-13-9-18-10-14(13)11-20)16-15-4-2-1-3-12(15)5-7-19-16/h1-5,7,13-14,18H,6,8-11H2. The highest BCUT2D eigenvalue weighted by molar-refractivity contribution is 6.05. The van der Waals surface area contributed by atoms with E-state index in [4.69, 9.17) is 0 Å². The second kappa shape index (κ2) is 5.11. The third-order valence-electron chi connectivity index (χ3n) is 4.87. The number of hydrogen-bond acceptors (Lipinski definition) is 3. The number of nitrogens with one attached hydrogen (secondary N) is 1. The number of hydrogen-bond donors (Lipinski definition) is 1. The van der Waals surface area contributed by atoms with Gasteiger partial charge in [-0.1, -0.05) is 24.3 Å². The van der Waals surface area contributed by atoms with E-state index >= 15 is 0 Å². The number of piperidine rings is 1. The molecule has 2 unspecified atom stereocenters. The highest BCUT2D eigenvalue weighted by Crippen LogP contribution is 2.28. The predicted octanol–water partition coefficient (Wildman–Crippen LogP) is 1.92. The third-order valence-corrected chi connectivity index (χ3v) is 4.87. The molecule has 3 heterocycles. The molecule has 2 atom stereocenters. The Morgan fingerprint density at radius 1 is 1.19 bits per heavy atom. The van der Waals surface area contributed by atoms with E-state index in [0.29, 0.717) is 11.6 Å². The van der Waals surface area contributed by atoms with Gasteiger partial charge in [0.2, 0.25) is 0 Å². The van der Waals surface area contributed by atoms with Gasteiger partial charge in [-0.25, -0.2) is 0 Å². The number of nitrogens with zero attached hydrogens (tertiary/aromatic N) is 2. The second-order valence-corrected chi connectivity index (χ2v) is 6.10. The molecule has 0 bridgehead atoms. The molecule has 4 heteroatoms. The van der Waals surface area contributed by atoms with Gasteiger partial charge in [0.15, 0.2) is 0 Å². The summed E-state index contributed by atoms with van der Waals surface area (Å²) in [6.45, 7) is 3.87. The van der Waals surface area contributed by atoms with Crippen LogP contribution >= 0.6 is 0 Å². The maximum absolute atomic E-state index is 12.8. The van der Waals surface area contributed by atoms with Crippen molar-refractivity contribution < 1.29 is 4.79 Å². The molecule has 0 aliphatic carbocycles. The molecule has 21 heavy (non-hydrogen) atoms. The molecule has 108 valence electrons. The zero-order chi connectivity index (χ0) is 14.2. The van der Waals surface area contributed by atoms with Gasteiger partial charge in [-0.05, 0) is 42.8 Å². The van der Waals surface area contributed by atoms with Crippen molar-refractivity contribution in [2.24, 2.45) is 11.8 Å². The molecular weight excluding hydrogens is 262 g/mol. The van der Waals surface area contributed by atoms with Crippen molar-refractivity contribution in [1.82, 2.24) is 15.2 Å². The minimum atomic E-state index is 0.0807. The molecule has 1 aromatic heterocycles. The maximum atomic E-state index is 12.8. The zero-order valence-corrected chi connectivity index (χ0v) is 12.0. The molecule has 1 aromatic carbocycles. The van der Waals surface area contributed by atoms with Crippen molar-refractivity contribution in [1.29, 1.82) is 0 Å². The smallest absolute Gasteiger partial charge is 0.273 e. The Morgan fingerprint density at radius 2 is 2.05 bits per heavy atom. The van der Waals surface area contributed by atoms with Gasteiger partial charge in [-0.3, -0.25) is 9.78 Å². The SMILES string of the molecule is O=C(c1nccc2ccccc12)N1CCC2CNCC2C1. The van der Waals surface area contributed by atoms with Gasteiger partial charge in [0.25, 0.3) is 5.91 Å². The maximum Gasteiger partial charge on any atom is 0.273 e. The molecule has 1 N–H and O–H groups in total. The molecule has 4 rings (SSSR count). The van der Waals surface area contributed by atoms with Crippen molar-refractivity contribution in [3.8, 4) is 0 Å². The normalized spacial score (nSPS) is 25.0. The van der Waals surface area contributed by atoms with E-state index in [1.165, 1.54) is 0 Å². The van der Waals surface area contributed by atoms with Gasteiger partial charge in [0, 0.05) is 24.7 Å². The summed E-state index contributed by atoms with van der Waals surface area (Å²) in [7, 11) is 0. The van der Waals surface area contributed by atoms with Crippen LogP contribution in [-0.2, 0) is 0 Å². The predicted molar refractivity (Wildman–Crippen MR) is 82.1 cm³/mol. The molecule has 0 radical (unpaired) electrons. The topological polar surface area (TPSA) is 45.2 Å². The minimum absolute atomic E-state index is 0.0807. The number of rotatable bonds is 1. The molecule has 0 saturated carbocycles. The summed E-state index contributed by atoms with van der Waals surface area (Å²) in [5.74, 6) is 1.43. The van der Waals surface area contributed by atoms with Crippen molar-refractivity contribution in [3.63, 3.8) is 0 Å². The van der Waals surface area contributed by atoms with Crippen LogP contribution in [0.3, 0.4) is 0 Å². The Morgan fingerprint density at radius 3 is 3.00 bits per heavy atom. The number of carbonyl (C=O) groups is 1. The molecule has 2 aromatic rings. The van der Waals surface area contributed by atoms with E-state index in [1.807, 2.05) is 35.2 Å². The molecule has 1 amide bonds. The van der Waals surface area contributed by atoms with E-state index in [9.17, 15) is 4.79 Å². The van der Waals surface area contributed by atoms with Gasteiger partial charge in [0.05, 0.1) is 0 Å². The van der Waals surface area contributed by atoms with Crippen LogP contribution in [0.1, 0.15) is 16.9 Å². The molecule has 2 saturated heterocycles. The second-order valence-electron chi connectivity index (χ2n) is 6.10. The number of amides is 1. The van der Waals surface area contributed by atoms with Crippen LogP contribution in [0.5, 0.6) is 0 Å². The number of pyridine rings is 1. The van der Waals surface area contributed by atoms with Gasteiger partial charge in [-0.2, -0.15) is 0 Å². The van der Waals surface area contributed by atoms with Crippen molar-refractivity contribution >= 4 is 16.7 Å². The Balaban J connectivity index is 1.64. The van der Waals surface area contributed by atoms with Gasteiger partial charge in [-0.15, -0.1) is 0 Å². The Kier molecular flexibility index (Phi) is 3.11. The summed E-state index contributed by atoms with van der Waals surface area (Å²) >= 11 is 0. The third kappa shape index (κ3) is 2.20. The lowest BCUT2D eigenvalue weighted by Gasteiger charge is -2.34.